The molecule has 0 radical (unpaired) electrons. The Morgan fingerprint density at radius 1 is 0.778 bits per heavy atom. The van der Waals surface area contributed by atoms with Gasteiger partial charge in [-0.25, -0.2) is 27.2 Å². The minimum absolute atomic E-state index is 0.00872. The number of benzene rings is 3. The molecule has 0 spiro atoms. The third-order valence-electron chi connectivity index (χ3n) is 4.58. The maximum absolute atomic E-state index is 13.7. The van der Waals surface area contributed by atoms with Gasteiger partial charge in [0.05, 0.1) is 22.4 Å². The number of carboxylic acid groups (broad SMARTS) is 2. The van der Waals surface area contributed by atoms with Crippen LogP contribution in [0, 0.1) is 23.3 Å². The largest absolute Gasteiger partial charge is 0.478 e. The standard InChI is InChI=1S/C23H14F4N2O6S/c24-15-8-16(25)19(27)20(18(15)26)29-17(30)9-36-12-3-1-2-11(7-12)28-21(31)13-5-4-10(22(32)33)6-14(13)23(34)35/h1-8H,9H2,(H,28,31)(H,29,30)(H,32,33)(H,34,35). The Labute approximate surface area is 203 Å². The highest BCUT2D eigenvalue weighted by Gasteiger charge is 2.21. The van der Waals surface area contributed by atoms with Crippen LogP contribution in [-0.2, 0) is 4.79 Å². The van der Waals surface area contributed by atoms with Crippen LogP contribution in [0.4, 0.5) is 28.9 Å². The maximum atomic E-state index is 13.7. The number of carboxylic acids is 2. The molecule has 13 heteroatoms. The van der Waals surface area contributed by atoms with E-state index in [1.807, 2.05) is 0 Å². The van der Waals surface area contributed by atoms with Crippen molar-refractivity contribution in [2.24, 2.45) is 0 Å². The van der Waals surface area contributed by atoms with Crippen molar-refractivity contribution in [2.75, 3.05) is 16.4 Å². The lowest BCUT2D eigenvalue weighted by Crippen LogP contribution is -2.18. The first-order chi connectivity index (χ1) is 17.0. The van der Waals surface area contributed by atoms with Crippen LogP contribution < -0.4 is 10.6 Å². The SMILES string of the molecule is O=C(CSc1cccc(NC(=O)c2ccc(C(=O)O)cc2C(=O)O)c1)Nc1c(F)c(F)cc(F)c1F. The predicted octanol–water partition coefficient (Wildman–Crippen LogP) is 4.62. The molecule has 186 valence electrons. The Balaban J connectivity index is 1.69. The van der Waals surface area contributed by atoms with E-state index in [2.05, 4.69) is 5.32 Å². The lowest BCUT2D eigenvalue weighted by atomic mass is 10.0. The Morgan fingerprint density at radius 2 is 1.44 bits per heavy atom. The van der Waals surface area contributed by atoms with Gasteiger partial charge in [-0.1, -0.05) is 6.07 Å². The number of carbonyl (C=O) groups is 4. The number of anilines is 2. The zero-order valence-corrected chi connectivity index (χ0v) is 18.6. The monoisotopic (exact) mass is 522 g/mol. The van der Waals surface area contributed by atoms with Gasteiger partial charge in [-0.15, -0.1) is 11.8 Å². The van der Waals surface area contributed by atoms with Crippen molar-refractivity contribution in [1.82, 2.24) is 0 Å². The summed E-state index contributed by atoms with van der Waals surface area (Å²) in [6.45, 7) is 0. The minimum atomic E-state index is -1.76. The van der Waals surface area contributed by atoms with Crippen LogP contribution in [0.15, 0.2) is 53.4 Å². The molecule has 0 saturated carbocycles. The molecule has 0 saturated heterocycles. The van der Waals surface area contributed by atoms with E-state index >= 15 is 0 Å². The number of nitrogens with one attached hydrogen (secondary N) is 2. The van der Waals surface area contributed by atoms with Crippen molar-refractivity contribution < 1.29 is 47.0 Å². The number of amides is 2. The molecular formula is C23H14F4N2O6S. The highest BCUT2D eigenvalue weighted by atomic mass is 32.2. The van der Waals surface area contributed by atoms with Crippen LogP contribution in [0.1, 0.15) is 31.1 Å². The van der Waals surface area contributed by atoms with Gasteiger partial charge >= 0.3 is 11.9 Å². The van der Waals surface area contributed by atoms with E-state index in [4.69, 9.17) is 5.11 Å². The van der Waals surface area contributed by atoms with Crippen molar-refractivity contribution in [3.63, 3.8) is 0 Å². The summed E-state index contributed by atoms with van der Waals surface area (Å²) in [5.41, 5.74) is -2.21. The Bertz CT molecular complexity index is 1370. The van der Waals surface area contributed by atoms with Crippen LogP contribution >= 0.6 is 11.8 Å². The van der Waals surface area contributed by atoms with E-state index < -0.39 is 64.0 Å². The molecule has 8 nitrogen and oxygen atoms in total. The number of thioether (sulfide) groups is 1. The number of aromatic carboxylic acids is 2. The summed E-state index contributed by atoms with van der Waals surface area (Å²) >= 11 is 0.863. The van der Waals surface area contributed by atoms with Gasteiger partial charge in [0, 0.05) is 16.6 Å². The smallest absolute Gasteiger partial charge is 0.336 e. The molecule has 3 aromatic rings. The van der Waals surface area contributed by atoms with Crippen LogP contribution in [0.5, 0.6) is 0 Å². The first kappa shape index (κ1) is 26.2. The van der Waals surface area contributed by atoms with Crippen molar-refractivity contribution in [3.8, 4) is 0 Å². The van der Waals surface area contributed by atoms with Gasteiger partial charge in [-0.05, 0) is 36.4 Å². The topological polar surface area (TPSA) is 133 Å². The summed E-state index contributed by atoms with van der Waals surface area (Å²) in [6.07, 6.45) is 0. The normalized spacial score (nSPS) is 10.6. The fraction of sp³-hybridized carbons (Fsp3) is 0.0435. The number of halogens is 4. The van der Waals surface area contributed by atoms with Crippen LogP contribution in [0.25, 0.3) is 0 Å². The van der Waals surface area contributed by atoms with Gasteiger partial charge < -0.3 is 20.8 Å². The minimum Gasteiger partial charge on any atom is -0.478 e. The lowest BCUT2D eigenvalue weighted by Gasteiger charge is -2.11. The molecule has 0 atom stereocenters. The first-order valence-corrected chi connectivity index (χ1v) is 10.7. The van der Waals surface area contributed by atoms with Gasteiger partial charge in [0.1, 0.15) is 5.69 Å². The summed E-state index contributed by atoms with van der Waals surface area (Å²) in [7, 11) is 0. The maximum Gasteiger partial charge on any atom is 0.336 e. The Kier molecular flexibility index (Phi) is 7.94. The lowest BCUT2D eigenvalue weighted by molar-refractivity contribution is -0.113. The molecule has 3 rings (SSSR count). The second kappa shape index (κ2) is 10.9. The van der Waals surface area contributed by atoms with E-state index in [0.29, 0.717) is 4.90 Å². The summed E-state index contributed by atoms with van der Waals surface area (Å²) < 4.78 is 54.0. The Morgan fingerprint density at radius 3 is 2.06 bits per heavy atom. The molecule has 36 heavy (non-hydrogen) atoms. The molecule has 0 aliphatic carbocycles. The van der Waals surface area contributed by atoms with Crippen LogP contribution in [0.2, 0.25) is 0 Å². The molecule has 0 fully saturated rings. The van der Waals surface area contributed by atoms with Crippen LogP contribution in [0.3, 0.4) is 0 Å². The summed E-state index contributed by atoms with van der Waals surface area (Å²) in [5, 5.41) is 22.6. The van der Waals surface area contributed by atoms with Crippen molar-refractivity contribution >= 4 is 46.9 Å². The highest BCUT2D eigenvalue weighted by Crippen LogP contribution is 2.26. The fourth-order valence-corrected chi connectivity index (χ4v) is 3.68. The first-order valence-electron chi connectivity index (χ1n) is 9.75. The van der Waals surface area contributed by atoms with E-state index in [9.17, 15) is 41.8 Å². The second-order valence-electron chi connectivity index (χ2n) is 7.03. The third-order valence-corrected chi connectivity index (χ3v) is 5.57. The number of carbonyl (C=O) groups excluding carboxylic acids is 2. The van der Waals surface area contributed by atoms with Crippen molar-refractivity contribution in [3.05, 3.63) is 88.5 Å². The average Bonchev–Trinajstić information content (AvgIpc) is 2.84. The zero-order valence-electron chi connectivity index (χ0n) is 17.8. The molecule has 4 N–H and O–H groups in total. The summed E-state index contributed by atoms with van der Waals surface area (Å²) in [5.74, 6) is -12.0. The van der Waals surface area contributed by atoms with Gasteiger partial charge in [0.25, 0.3) is 5.91 Å². The Hall–Kier alpha value is -4.39. The van der Waals surface area contributed by atoms with Crippen LogP contribution in [-0.4, -0.2) is 39.7 Å². The van der Waals surface area contributed by atoms with Gasteiger partial charge in [0.2, 0.25) is 5.91 Å². The highest BCUT2D eigenvalue weighted by molar-refractivity contribution is 8.00. The van der Waals surface area contributed by atoms with E-state index in [-0.39, 0.29) is 22.9 Å². The molecule has 3 aromatic carbocycles. The van der Waals surface area contributed by atoms with Gasteiger partial charge in [0.15, 0.2) is 23.3 Å². The molecule has 0 aliphatic rings. The number of hydrogen-bond donors (Lipinski definition) is 4. The fourth-order valence-electron chi connectivity index (χ4n) is 2.92. The quantitative estimate of drug-likeness (QED) is 0.193. The predicted molar refractivity (Wildman–Crippen MR) is 120 cm³/mol. The number of rotatable bonds is 8. The molecule has 2 amide bonds. The van der Waals surface area contributed by atoms with E-state index in [1.54, 1.807) is 5.32 Å². The summed E-state index contributed by atoms with van der Waals surface area (Å²) in [6, 6.07) is 8.86. The van der Waals surface area contributed by atoms with Crippen molar-refractivity contribution in [2.45, 2.75) is 4.90 Å². The van der Waals surface area contributed by atoms with E-state index in [1.165, 1.54) is 24.3 Å². The van der Waals surface area contributed by atoms with E-state index in [0.717, 1.165) is 30.0 Å². The molecule has 0 aliphatic heterocycles. The third kappa shape index (κ3) is 5.99. The molecule has 0 aromatic heterocycles. The molecule has 0 unspecified atom stereocenters. The van der Waals surface area contributed by atoms with Crippen molar-refractivity contribution in [1.29, 1.82) is 0 Å². The molecule has 0 bridgehead atoms. The van der Waals surface area contributed by atoms with Gasteiger partial charge in [-0.2, -0.15) is 0 Å². The second-order valence-corrected chi connectivity index (χ2v) is 8.08. The van der Waals surface area contributed by atoms with Gasteiger partial charge in [-0.3, -0.25) is 9.59 Å². The summed E-state index contributed by atoms with van der Waals surface area (Å²) in [4.78, 5) is 47.6. The average molecular weight is 522 g/mol. The molecule has 0 heterocycles. The number of hydrogen-bond acceptors (Lipinski definition) is 5. The molecular weight excluding hydrogens is 508 g/mol. The zero-order chi connectivity index (χ0) is 26.6.